The molecule has 1 aromatic rings. The molecule has 17 nitrogen and oxygen atoms in total. The first-order valence-corrected chi connectivity index (χ1v) is 14.3. The van der Waals surface area contributed by atoms with Crippen molar-refractivity contribution < 1.29 is 57.3 Å². The van der Waals surface area contributed by atoms with Gasteiger partial charge in [-0.3, -0.25) is 0 Å². The highest BCUT2D eigenvalue weighted by molar-refractivity contribution is 5.87. The van der Waals surface area contributed by atoms with Gasteiger partial charge in [-0.1, -0.05) is 46.2 Å². The number of aryl methyl sites for hydroxylation is 1. The van der Waals surface area contributed by atoms with Gasteiger partial charge in [0.2, 0.25) is 24.3 Å². The summed E-state index contributed by atoms with van der Waals surface area (Å²) >= 11 is 0. The van der Waals surface area contributed by atoms with Crippen molar-refractivity contribution >= 4 is 54.0 Å². The Morgan fingerprint density at radius 2 is 1.41 bits per heavy atom. The van der Waals surface area contributed by atoms with Gasteiger partial charge in [0, 0.05) is 18.2 Å². The Balaban J connectivity index is -0.000000572. The molecular formula is C34H47N5O12. The van der Waals surface area contributed by atoms with E-state index in [-0.39, 0.29) is 52.1 Å². The maximum atomic E-state index is 12.0. The second-order valence-corrected chi connectivity index (χ2v) is 9.39. The molecule has 0 aliphatic rings. The van der Waals surface area contributed by atoms with Crippen LogP contribution in [0.1, 0.15) is 53.5 Å². The van der Waals surface area contributed by atoms with Crippen molar-refractivity contribution in [3.63, 3.8) is 0 Å². The van der Waals surface area contributed by atoms with Crippen LogP contribution in [0.3, 0.4) is 0 Å². The number of nitrogens with one attached hydrogen (secondary N) is 1. The van der Waals surface area contributed by atoms with E-state index >= 15 is 0 Å². The summed E-state index contributed by atoms with van der Waals surface area (Å²) in [7, 11) is 1.38. The number of hydrogen-bond acceptors (Lipinski definition) is 16. The molecule has 0 aliphatic heterocycles. The first kappa shape index (κ1) is 51.7. The maximum Gasteiger partial charge on any atom is 0.407 e. The van der Waals surface area contributed by atoms with Crippen LogP contribution in [0.4, 0.5) is 10.5 Å². The molecule has 1 amide bonds. The second-order valence-electron chi connectivity index (χ2n) is 9.39. The number of carbonyl (C=O) groups excluding carboxylic acids is 8. The van der Waals surface area contributed by atoms with Crippen LogP contribution in [0.2, 0.25) is 0 Å². The number of hydrogen-bond donors (Lipinski definition) is 1. The lowest BCUT2D eigenvalue weighted by Gasteiger charge is -2.18. The van der Waals surface area contributed by atoms with Crippen molar-refractivity contribution in [2.75, 3.05) is 40.0 Å². The Labute approximate surface area is 297 Å². The molecule has 0 heterocycles. The lowest BCUT2D eigenvalue weighted by Crippen LogP contribution is -2.37. The minimum Gasteiger partial charge on any atom is -0.462 e. The SMILES string of the molecule is C.C.C=C(C)C(=O)OCC(COC(=O)C(=C)C)OC(=O)NCCOC(=O)C(CCCCN=C=O)N=C=O.CN=C=O.Cc1ccccc1N=C=O. The van der Waals surface area contributed by atoms with E-state index in [4.69, 9.17) is 23.7 Å². The van der Waals surface area contributed by atoms with E-state index in [1.165, 1.54) is 45.2 Å². The monoisotopic (exact) mass is 717 g/mol. The molecule has 0 bridgehead atoms. The van der Waals surface area contributed by atoms with Gasteiger partial charge in [-0.05, 0) is 51.7 Å². The standard InChI is InChI=1S/C22H29N3O10.C8H7NO.C2H3NO.2CH4/c1-15(2)19(28)33-11-17(12-34-20(29)16(3)4)35-22(31)24-9-10-32-21(30)18(25-14-27)7-5-6-8-23-13-26;1-7-4-2-3-5-8(7)9-6-10;1-3-2-4;;/h17-18H,1,3,5-12H2,2,4H3,(H,24,31);2-5H,1H3;1H3;2*1H4. The highest BCUT2D eigenvalue weighted by Gasteiger charge is 2.21. The molecule has 0 saturated carbocycles. The van der Waals surface area contributed by atoms with Crippen LogP contribution >= 0.6 is 0 Å². The van der Waals surface area contributed by atoms with Crippen LogP contribution in [-0.2, 0) is 52.5 Å². The van der Waals surface area contributed by atoms with Gasteiger partial charge < -0.3 is 24.3 Å². The Morgan fingerprint density at radius 3 is 1.88 bits per heavy atom. The number of rotatable bonds is 18. The molecule has 280 valence electrons. The quantitative estimate of drug-likeness (QED) is 0.0560. The van der Waals surface area contributed by atoms with Crippen molar-refractivity contribution in [1.82, 2.24) is 5.32 Å². The molecule has 1 rings (SSSR count). The number of aliphatic imine (C=N–C) groups is 4. The van der Waals surface area contributed by atoms with Crippen LogP contribution in [-0.4, -0.2) is 100 Å². The third kappa shape index (κ3) is 28.6. The van der Waals surface area contributed by atoms with Gasteiger partial charge in [0.25, 0.3) is 0 Å². The molecule has 1 atom stereocenters. The number of para-hydroxylation sites is 1. The lowest BCUT2D eigenvalue weighted by atomic mass is 10.1. The van der Waals surface area contributed by atoms with Crippen molar-refractivity contribution in [2.45, 2.75) is 67.0 Å². The third-order valence-electron chi connectivity index (χ3n) is 5.30. The number of alkyl carbamates (subject to hydrolysis) is 1. The molecule has 1 N–H and O–H groups in total. The maximum absolute atomic E-state index is 12.0. The van der Waals surface area contributed by atoms with Gasteiger partial charge >= 0.3 is 24.0 Å². The molecule has 0 spiro atoms. The zero-order valence-electron chi connectivity index (χ0n) is 27.7. The summed E-state index contributed by atoms with van der Waals surface area (Å²) in [6, 6.07) is 6.34. The minimum absolute atomic E-state index is 0. The average molecular weight is 718 g/mol. The number of esters is 3. The molecule has 51 heavy (non-hydrogen) atoms. The topological polar surface area (TPSA) is 235 Å². The van der Waals surface area contributed by atoms with E-state index < -0.39 is 49.4 Å². The van der Waals surface area contributed by atoms with E-state index in [2.05, 4.69) is 38.4 Å². The summed E-state index contributed by atoms with van der Waals surface area (Å²) in [4.78, 5) is 99.7. The number of amides is 1. The number of ether oxygens (including phenoxy) is 4. The molecule has 0 saturated heterocycles. The zero-order chi connectivity index (χ0) is 37.5. The molecule has 0 aliphatic carbocycles. The first-order chi connectivity index (χ1) is 23.4. The number of nitrogens with zero attached hydrogens (tertiary/aromatic N) is 4. The van der Waals surface area contributed by atoms with Gasteiger partial charge in [-0.2, -0.15) is 9.98 Å². The fraction of sp³-hybridized carbons (Fsp3) is 0.471. The van der Waals surface area contributed by atoms with Gasteiger partial charge in [0.05, 0.1) is 18.8 Å². The van der Waals surface area contributed by atoms with Gasteiger partial charge in [-0.15, -0.1) is 0 Å². The predicted octanol–water partition coefficient (Wildman–Crippen LogP) is 4.26. The van der Waals surface area contributed by atoms with Crippen LogP contribution in [0, 0.1) is 6.92 Å². The fourth-order valence-corrected chi connectivity index (χ4v) is 2.90. The van der Waals surface area contributed by atoms with Gasteiger partial charge in [0.15, 0.2) is 12.1 Å². The first-order valence-electron chi connectivity index (χ1n) is 14.3. The fourth-order valence-electron chi connectivity index (χ4n) is 2.90. The van der Waals surface area contributed by atoms with Gasteiger partial charge in [-0.25, -0.2) is 48.3 Å². The molecule has 0 aromatic heterocycles. The predicted molar refractivity (Wildman–Crippen MR) is 186 cm³/mol. The Hall–Kier alpha value is -6.10. The van der Waals surface area contributed by atoms with Gasteiger partial charge in [0.1, 0.15) is 19.8 Å². The molecule has 0 fully saturated rings. The summed E-state index contributed by atoms with van der Waals surface area (Å²) in [6.07, 6.45) is 4.55. The van der Waals surface area contributed by atoms with Crippen LogP contribution in [0.15, 0.2) is 68.5 Å². The van der Waals surface area contributed by atoms with Crippen molar-refractivity contribution in [1.29, 1.82) is 0 Å². The minimum atomic E-state index is -1.13. The number of unbranched alkanes of at least 4 members (excludes halogenated alkanes) is 1. The zero-order valence-corrected chi connectivity index (χ0v) is 27.7. The van der Waals surface area contributed by atoms with E-state index in [0.29, 0.717) is 18.5 Å². The molecule has 1 aromatic carbocycles. The van der Waals surface area contributed by atoms with E-state index in [9.17, 15) is 33.6 Å². The van der Waals surface area contributed by atoms with E-state index in [0.717, 1.165) is 5.56 Å². The number of benzene rings is 1. The van der Waals surface area contributed by atoms with E-state index in [1.807, 2.05) is 25.1 Å². The number of isocyanates is 4. The number of carbonyl (C=O) groups is 4. The Bertz CT molecular complexity index is 1420. The summed E-state index contributed by atoms with van der Waals surface area (Å²) in [6.45, 7) is 10.6. The lowest BCUT2D eigenvalue weighted by molar-refractivity contribution is -0.147. The third-order valence-corrected chi connectivity index (χ3v) is 5.30. The highest BCUT2D eigenvalue weighted by atomic mass is 16.6. The second kappa shape index (κ2) is 33.8. The van der Waals surface area contributed by atoms with E-state index in [1.54, 1.807) is 6.07 Å². The van der Waals surface area contributed by atoms with Crippen molar-refractivity contribution in [3.05, 3.63) is 54.1 Å². The van der Waals surface area contributed by atoms with Crippen LogP contribution in [0.5, 0.6) is 0 Å². The van der Waals surface area contributed by atoms with Crippen LogP contribution < -0.4 is 5.32 Å². The summed E-state index contributed by atoms with van der Waals surface area (Å²) < 4.78 is 19.9. The molecular weight excluding hydrogens is 670 g/mol. The normalized spacial score (nSPS) is 9.27. The molecule has 17 heteroatoms. The van der Waals surface area contributed by atoms with Crippen molar-refractivity contribution in [3.8, 4) is 0 Å². The highest BCUT2D eigenvalue weighted by Crippen LogP contribution is 2.15. The smallest absolute Gasteiger partial charge is 0.407 e. The van der Waals surface area contributed by atoms with Crippen molar-refractivity contribution in [2.24, 2.45) is 20.0 Å². The largest absolute Gasteiger partial charge is 0.462 e. The van der Waals surface area contributed by atoms with Crippen LogP contribution in [0.25, 0.3) is 0 Å². The molecule has 0 radical (unpaired) electrons. The molecule has 1 unspecified atom stereocenters. The summed E-state index contributed by atoms with van der Waals surface area (Å²) in [5, 5.41) is 2.32. The summed E-state index contributed by atoms with van der Waals surface area (Å²) in [5.41, 5.74) is 1.93. The Kier molecular flexibility index (Phi) is 34.3. The Morgan fingerprint density at radius 1 is 0.843 bits per heavy atom. The average Bonchev–Trinajstić information content (AvgIpc) is 3.08. The summed E-state index contributed by atoms with van der Waals surface area (Å²) in [5.74, 6) is -2.24.